The third-order valence-electron chi connectivity index (χ3n) is 7.28. The van der Waals surface area contributed by atoms with Crippen molar-refractivity contribution in [1.29, 1.82) is 0 Å². The van der Waals surface area contributed by atoms with Crippen LogP contribution in [0.5, 0.6) is 5.75 Å². The van der Waals surface area contributed by atoms with Gasteiger partial charge in [0.1, 0.15) is 17.8 Å². The van der Waals surface area contributed by atoms with Crippen LogP contribution in [0.4, 0.5) is 5.69 Å². The molecule has 0 saturated carbocycles. The maximum atomic E-state index is 14.3. The summed E-state index contributed by atoms with van der Waals surface area (Å²) in [6, 6.07) is 22.7. The number of anilines is 1. The molecular formula is C35H44N2O6. The predicted molar refractivity (Wildman–Crippen MR) is 169 cm³/mol. The summed E-state index contributed by atoms with van der Waals surface area (Å²) in [6.45, 7) is 7.67. The monoisotopic (exact) mass is 588 g/mol. The molecule has 0 aliphatic carbocycles. The summed E-state index contributed by atoms with van der Waals surface area (Å²) in [4.78, 5) is 41.6. The Morgan fingerprint density at radius 1 is 0.791 bits per heavy atom. The summed E-state index contributed by atoms with van der Waals surface area (Å²) in [5.41, 5.74) is 3.57. The normalized spacial score (nSPS) is 13.1. The zero-order chi connectivity index (χ0) is 31.4. The maximum Gasteiger partial charge on any atom is 0.328 e. The lowest BCUT2D eigenvalue weighted by molar-refractivity contribution is -0.147. The number of ether oxygens (including phenoxy) is 3. The van der Waals surface area contributed by atoms with Gasteiger partial charge < -0.3 is 14.2 Å². The molecule has 0 saturated heterocycles. The molecule has 1 N–H and O–H groups in total. The number of hydrogen-bond donors (Lipinski definition) is 1. The number of aryl methyl sites for hydroxylation is 1. The van der Waals surface area contributed by atoms with Crippen molar-refractivity contribution in [2.45, 2.75) is 65.1 Å². The molecule has 0 fully saturated rings. The fourth-order valence-electron chi connectivity index (χ4n) is 5.01. The molecule has 0 radical (unpaired) electrons. The van der Waals surface area contributed by atoms with Gasteiger partial charge in [0.2, 0.25) is 5.91 Å². The first-order chi connectivity index (χ1) is 20.7. The van der Waals surface area contributed by atoms with Gasteiger partial charge in [-0.15, -0.1) is 0 Å². The van der Waals surface area contributed by atoms with E-state index in [2.05, 4.69) is 5.32 Å². The molecule has 0 spiro atoms. The molecule has 0 aliphatic rings. The van der Waals surface area contributed by atoms with Crippen LogP contribution in [-0.2, 0) is 30.3 Å². The van der Waals surface area contributed by atoms with Crippen molar-refractivity contribution in [1.82, 2.24) is 5.32 Å². The lowest BCUT2D eigenvalue weighted by Crippen LogP contribution is -2.56. The highest BCUT2D eigenvalue weighted by Crippen LogP contribution is 2.27. The molecule has 0 heterocycles. The number of methoxy groups -OCH3 is 2. The highest BCUT2D eigenvalue weighted by atomic mass is 16.5. The van der Waals surface area contributed by atoms with Crippen LogP contribution in [0.3, 0.4) is 0 Å². The third-order valence-corrected chi connectivity index (χ3v) is 7.28. The van der Waals surface area contributed by atoms with Crippen molar-refractivity contribution in [2.24, 2.45) is 5.92 Å². The molecule has 8 heteroatoms. The maximum absolute atomic E-state index is 14.3. The number of hydrogen-bond acceptors (Lipinski definition) is 7. The molecule has 43 heavy (non-hydrogen) atoms. The topological polar surface area (TPSA) is 94.2 Å². The Labute approximate surface area is 255 Å². The highest BCUT2D eigenvalue weighted by Gasteiger charge is 2.35. The fraction of sp³-hybridized carbons (Fsp3) is 0.400. The number of esters is 2. The number of nitrogens with one attached hydrogen (secondary N) is 1. The summed E-state index contributed by atoms with van der Waals surface area (Å²) in [5.74, 6) is -0.375. The van der Waals surface area contributed by atoms with Gasteiger partial charge in [0.05, 0.1) is 26.9 Å². The van der Waals surface area contributed by atoms with Gasteiger partial charge in [0.15, 0.2) is 0 Å². The second-order valence-electron chi connectivity index (χ2n) is 10.9. The number of carbonyl (C=O) groups is 3. The van der Waals surface area contributed by atoms with Gasteiger partial charge in [-0.3, -0.25) is 19.8 Å². The van der Waals surface area contributed by atoms with Gasteiger partial charge >= 0.3 is 11.9 Å². The number of carbonyl (C=O) groups excluding carboxylic acids is 3. The average Bonchev–Trinajstić information content (AvgIpc) is 3.02. The van der Waals surface area contributed by atoms with Gasteiger partial charge in [0, 0.05) is 5.69 Å². The van der Waals surface area contributed by atoms with E-state index in [0.717, 1.165) is 22.4 Å². The van der Waals surface area contributed by atoms with Crippen LogP contribution in [0.2, 0.25) is 0 Å². The van der Waals surface area contributed by atoms with E-state index in [0.29, 0.717) is 24.9 Å². The fourth-order valence-corrected chi connectivity index (χ4v) is 5.01. The first-order valence-corrected chi connectivity index (χ1v) is 14.8. The van der Waals surface area contributed by atoms with Crippen LogP contribution in [0, 0.1) is 5.92 Å². The number of benzene rings is 3. The van der Waals surface area contributed by atoms with E-state index in [1.54, 1.807) is 21.0 Å². The Hall–Kier alpha value is -4.17. The van der Waals surface area contributed by atoms with Gasteiger partial charge in [-0.2, -0.15) is 0 Å². The molecule has 0 aromatic heterocycles. The summed E-state index contributed by atoms with van der Waals surface area (Å²) >= 11 is 0. The minimum Gasteiger partial charge on any atom is -0.497 e. The molecule has 3 rings (SSSR count). The molecule has 0 aliphatic heterocycles. The van der Waals surface area contributed by atoms with E-state index in [1.165, 1.54) is 12.0 Å². The van der Waals surface area contributed by atoms with Crippen LogP contribution in [-0.4, -0.2) is 56.8 Å². The Kier molecular flexibility index (Phi) is 12.8. The van der Waals surface area contributed by atoms with Crippen molar-refractivity contribution in [3.05, 3.63) is 84.4 Å². The standard InChI is InChI=1S/C35H44N2O6/c1-7-43-35(40)31(22-13-26-11-9-8-10-12-26)36-32(23-24(2)3)33(38)37(25(4)34(39)42-6)29-18-14-27(15-19-29)28-16-20-30(41-5)21-17-28/h8-12,14-21,24-25,31-32,36H,7,13,22-23H2,1-6H3/t25-,31-,32-/m0/s1. The van der Waals surface area contributed by atoms with Crippen molar-refractivity contribution in [3.8, 4) is 16.9 Å². The van der Waals surface area contributed by atoms with Gasteiger partial charge in [-0.1, -0.05) is 68.4 Å². The van der Waals surface area contributed by atoms with E-state index < -0.39 is 30.1 Å². The van der Waals surface area contributed by atoms with Crippen LogP contribution in [0.1, 0.15) is 46.1 Å². The summed E-state index contributed by atoms with van der Waals surface area (Å²) in [7, 11) is 2.93. The predicted octanol–water partition coefficient (Wildman–Crippen LogP) is 5.83. The zero-order valence-corrected chi connectivity index (χ0v) is 26.0. The SMILES string of the molecule is CCOC(=O)[C@H](CCc1ccccc1)N[C@@H](CC(C)C)C(=O)N(c1ccc(-c2ccc(OC)cc2)cc1)[C@@H](C)C(=O)OC. The number of nitrogens with zero attached hydrogens (tertiary/aromatic N) is 1. The molecule has 3 aromatic carbocycles. The molecule has 3 aromatic rings. The first-order valence-electron chi connectivity index (χ1n) is 14.8. The highest BCUT2D eigenvalue weighted by molar-refractivity contribution is 6.02. The van der Waals surface area contributed by atoms with Gasteiger partial charge in [-0.25, -0.2) is 4.79 Å². The lowest BCUT2D eigenvalue weighted by atomic mass is 9.98. The molecule has 3 atom stereocenters. The van der Waals surface area contributed by atoms with Crippen LogP contribution < -0.4 is 15.0 Å². The molecular weight excluding hydrogens is 544 g/mol. The minimum atomic E-state index is -0.897. The van der Waals surface area contributed by atoms with Crippen LogP contribution in [0.15, 0.2) is 78.9 Å². The average molecular weight is 589 g/mol. The van der Waals surface area contributed by atoms with Crippen molar-refractivity contribution >= 4 is 23.5 Å². The minimum absolute atomic E-state index is 0.131. The van der Waals surface area contributed by atoms with Crippen LogP contribution in [0.25, 0.3) is 11.1 Å². The zero-order valence-electron chi connectivity index (χ0n) is 26.0. The molecule has 8 nitrogen and oxygen atoms in total. The molecule has 230 valence electrons. The Bertz CT molecular complexity index is 1310. The van der Waals surface area contributed by atoms with E-state index in [4.69, 9.17) is 14.2 Å². The summed E-state index contributed by atoms with van der Waals surface area (Å²) < 4.78 is 15.7. The second-order valence-corrected chi connectivity index (χ2v) is 10.9. The van der Waals surface area contributed by atoms with E-state index in [-0.39, 0.29) is 18.4 Å². The third kappa shape index (κ3) is 9.41. The Morgan fingerprint density at radius 3 is 1.93 bits per heavy atom. The smallest absolute Gasteiger partial charge is 0.328 e. The molecule has 0 unspecified atom stereocenters. The summed E-state index contributed by atoms with van der Waals surface area (Å²) in [5, 5.41) is 3.32. The van der Waals surface area contributed by atoms with E-state index in [9.17, 15) is 14.4 Å². The van der Waals surface area contributed by atoms with Crippen molar-refractivity contribution in [2.75, 3.05) is 25.7 Å². The van der Waals surface area contributed by atoms with Gasteiger partial charge in [-0.05, 0) is 80.0 Å². The second kappa shape index (κ2) is 16.5. The van der Waals surface area contributed by atoms with Crippen molar-refractivity contribution < 1.29 is 28.6 Å². The molecule has 0 bridgehead atoms. The first kappa shape index (κ1) is 33.3. The van der Waals surface area contributed by atoms with Gasteiger partial charge in [0.25, 0.3) is 0 Å². The van der Waals surface area contributed by atoms with Crippen molar-refractivity contribution in [3.63, 3.8) is 0 Å². The Morgan fingerprint density at radius 2 is 1.40 bits per heavy atom. The quantitative estimate of drug-likeness (QED) is 0.224. The number of rotatable bonds is 15. The molecule has 1 amide bonds. The lowest BCUT2D eigenvalue weighted by Gasteiger charge is -2.33. The Balaban J connectivity index is 1.94. The van der Waals surface area contributed by atoms with Crippen LogP contribution >= 0.6 is 0 Å². The van der Waals surface area contributed by atoms with E-state index in [1.807, 2.05) is 92.7 Å². The summed E-state index contributed by atoms with van der Waals surface area (Å²) in [6.07, 6.45) is 1.54. The van der Waals surface area contributed by atoms with E-state index >= 15 is 0 Å². The number of amides is 1. The largest absolute Gasteiger partial charge is 0.497 e.